The minimum Gasteiger partial charge on any atom is -0.493 e. The maximum atomic E-state index is 12.4. The van der Waals surface area contributed by atoms with Crippen LogP contribution in [0.2, 0.25) is 0 Å². The molecule has 7 heteroatoms. The van der Waals surface area contributed by atoms with E-state index in [1.807, 2.05) is 0 Å². The van der Waals surface area contributed by atoms with E-state index < -0.39 is 5.97 Å². The van der Waals surface area contributed by atoms with E-state index in [0.29, 0.717) is 49.0 Å². The zero-order chi connectivity index (χ0) is 18.5. The Bertz CT molecular complexity index is 798. The van der Waals surface area contributed by atoms with Crippen molar-refractivity contribution in [2.45, 2.75) is 6.42 Å². The molecule has 0 aromatic heterocycles. The number of ether oxygens (including phenoxy) is 3. The fourth-order valence-corrected chi connectivity index (χ4v) is 2.64. The highest BCUT2D eigenvalue weighted by Gasteiger charge is 2.20. The molecule has 2 N–H and O–H groups in total. The van der Waals surface area contributed by atoms with Crippen molar-refractivity contribution in [2.24, 2.45) is 0 Å². The second kappa shape index (κ2) is 7.77. The van der Waals surface area contributed by atoms with Crippen LogP contribution in [0.15, 0.2) is 36.4 Å². The topological polar surface area (TPSA) is 94.1 Å². The number of carbonyl (C=O) groups is 2. The quantitative estimate of drug-likeness (QED) is 0.823. The van der Waals surface area contributed by atoms with Crippen LogP contribution in [0.3, 0.4) is 0 Å². The molecule has 1 heterocycles. The predicted molar refractivity (Wildman–Crippen MR) is 93.4 cm³/mol. The van der Waals surface area contributed by atoms with Gasteiger partial charge < -0.3 is 24.6 Å². The van der Waals surface area contributed by atoms with Crippen molar-refractivity contribution in [1.82, 2.24) is 5.32 Å². The van der Waals surface area contributed by atoms with Gasteiger partial charge in [-0.2, -0.15) is 0 Å². The Kier molecular flexibility index (Phi) is 5.26. The van der Waals surface area contributed by atoms with Gasteiger partial charge in [-0.1, -0.05) is 12.1 Å². The molecule has 0 saturated carbocycles. The predicted octanol–water partition coefficient (Wildman–Crippen LogP) is 2.14. The lowest BCUT2D eigenvalue weighted by Crippen LogP contribution is -2.26. The Morgan fingerprint density at radius 2 is 1.85 bits per heavy atom. The molecule has 3 rings (SSSR count). The average Bonchev–Trinajstić information content (AvgIpc) is 2.67. The molecule has 1 aliphatic heterocycles. The highest BCUT2D eigenvalue weighted by Crippen LogP contribution is 2.40. The molecule has 0 atom stereocenters. The molecule has 2 aromatic rings. The lowest BCUT2D eigenvalue weighted by molar-refractivity contribution is 0.0696. The van der Waals surface area contributed by atoms with Crippen molar-refractivity contribution in [3.63, 3.8) is 0 Å². The van der Waals surface area contributed by atoms with Crippen LogP contribution in [0.25, 0.3) is 0 Å². The third-order valence-electron chi connectivity index (χ3n) is 3.99. The van der Waals surface area contributed by atoms with Crippen molar-refractivity contribution < 1.29 is 28.9 Å². The number of fused-ring (bicyclic) bond motifs is 1. The number of hydrogen-bond donors (Lipinski definition) is 2. The summed E-state index contributed by atoms with van der Waals surface area (Å²) >= 11 is 0. The molecule has 1 amide bonds. The van der Waals surface area contributed by atoms with Gasteiger partial charge in [0.2, 0.25) is 5.75 Å². The molecule has 136 valence electrons. The van der Waals surface area contributed by atoms with Gasteiger partial charge in [0, 0.05) is 12.1 Å². The SMILES string of the molecule is COc1cc(C(=O)NCCc2ccc(C(=O)O)cc2)cc2c1OCCO2. The van der Waals surface area contributed by atoms with Crippen LogP contribution in [0.4, 0.5) is 0 Å². The molecule has 0 aliphatic carbocycles. The third-order valence-corrected chi connectivity index (χ3v) is 3.99. The summed E-state index contributed by atoms with van der Waals surface area (Å²) < 4.78 is 16.3. The summed E-state index contributed by atoms with van der Waals surface area (Å²) in [7, 11) is 1.51. The van der Waals surface area contributed by atoms with Gasteiger partial charge in [0.15, 0.2) is 11.5 Å². The molecule has 0 unspecified atom stereocenters. The van der Waals surface area contributed by atoms with E-state index in [-0.39, 0.29) is 11.5 Å². The number of methoxy groups -OCH3 is 1. The fraction of sp³-hybridized carbons (Fsp3) is 0.263. The second-order valence-electron chi connectivity index (χ2n) is 5.71. The van der Waals surface area contributed by atoms with E-state index in [1.54, 1.807) is 36.4 Å². The van der Waals surface area contributed by atoms with Crippen LogP contribution < -0.4 is 19.5 Å². The third kappa shape index (κ3) is 3.88. The summed E-state index contributed by atoms with van der Waals surface area (Å²) in [5, 5.41) is 11.7. The summed E-state index contributed by atoms with van der Waals surface area (Å²) in [6.07, 6.45) is 0.591. The van der Waals surface area contributed by atoms with Gasteiger partial charge in [-0.25, -0.2) is 4.79 Å². The van der Waals surface area contributed by atoms with Crippen molar-refractivity contribution in [3.8, 4) is 17.2 Å². The van der Waals surface area contributed by atoms with Gasteiger partial charge >= 0.3 is 5.97 Å². The van der Waals surface area contributed by atoms with E-state index in [1.165, 1.54) is 7.11 Å². The largest absolute Gasteiger partial charge is 0.493 e. The lowest BCUT2D eigenvalue weighted by Gasteiger charge is -2.21. The van der Waals surface area contributed by atoms with E-state index in [2.05, 4.69) is 5.32 Å². The molecular formula is C19H19NO6. The molecule has 26 heavy (non-hydrogen) atoms. The Morgan fingerprint density at radius 3 is 2.54 bits per heavy atom. The molecule has 0 spiro atoms. The van der Waals surface area contributed by atoms with E-state index in [4.69, 9.17) is 19.3 Å². The number of aromatic carboxylic acids is 1. The summed E-state index contributed by atoms with van der Waals surface area (Å²) in [5.74, 6) is 0.246. The first-order valence-corrected chi connectivity index (χ1v) is 8.16. The highest BCUT2D eigenvalue weighted by atomic mass is 16.6. The molecule has 2 aromatic carbocycles. The lowest BCUT2D eigenvalue weighted by atomic mass is 10.1. The number of amides is 1. The number of carbonyl (C=O) groups excluding carboxylic acids is 1. The molecule has 0 radical (unpaired) electrons. The van der Waals surface area contributed by atoms with Crippen molar-refractivity contribution in [2.75, 3.05) is 26.9 Å². The first kappa shape index (κ1) is 17.6. The van der Waals surface area contributed by atoms with Crippen molar-refractivity contribution in [3.05, 3.63) is 53.1 Å². The van der Waals surface area contributed by atoms with Crippen LogP contribution in [-0.2, 0) is 6.42 Å². The van der Waals surface area contributed by atoms with Crippen LogP contribution in [0.5, 0.6) is 17.2 Å². The second-order valence-corrected chi connectivity index (χ2v) is 5.71. The number of carboxylic acid groups (broad SMARTS) is 1. The maximum Gasteiger partial charge on any atom is 0.335 e. The summed E-state index contributed by atoms with van der Waals surface area (Å²) in [6.45, 7) is 1.28. The minimum absolute atomic E-state index is 0.237. The Balaban J connectivity index is 1.62. The average molecular weight is 357 g/mol. The molecule has 0 bridgehead atoms. The minimum atomic E-state index is -0.961. The number of nitrogens with one attached hydrogen (secondary N) is 1. The molecule has 0 saturated heterocycles. The van der Waals surface area contributed by atoms with E-state index in [9.17, 15) is 9.59 Å². The van der Waals surface area contributed by atoms with Gasteiger partial charge in [0.25, 0.3) is 5.91 Å². The summed E-state index contributed by atoms with van der Waals surface area (Å²) in [5.41, 5.74) is 1.60. The van der Waals surface area contributed by atoms with Gasteiger partial charge in [-0.15, -0.1) is 0 Å². The highest BCUT2D eigenvalue weighted by molar-refractivity contribution is 5.95. The molecule has 1 aliphatic rings. The van der Waals surface area contributed by atoms with E-state index in [0.717, 1.165) is 5.56 Å². The van der Waals surface area contributed by atoms with E-state index >= 15 is 0 Å². The number of benzene rings is 2. The van der Waals surface area contributed by atoms with Gasteiger partial charge in [-0.3, -0.25) is 4.79 Å². The number of rotatable bonds is 6. The standard InChI is InChI=1S/C19H19NO6/c1-24-15-10-14(11-16-17(15)26-9-8-25-16)18(21)20-7-6-12-2-4-13(5-3-12)19(22)23/h2-5,10-11H,6-9H2,1H3,(H,20,21)(H,22,23). The Hall–Kier alpha value is -3.22. The van der Waals surface area contributed by atoms with Gasteiger partial charge in [0.1, 0.15) is 13.2 Å². The van der Waals surface area contributed by atoms with Gasteiger partial charge in [0.05, 0.1) is 12.7 Å². The maximum absolute atomic E-state index is 12.4. The molecule has 0 fully saturated rings. The Morgan fingerprint density at radius 1 is 1.12 bits per heavy atom. The molecular weight excluding hydrogens is 338 g/mol. The monoisotopic (exact) mass is 357 g/mol. The first-order valence-electron chi connectivity index (χ1n) is 8.16. The summed E-state index contributed by atoms with van der Waals surface area (Å²) in [6, 6.07) is 9.82. The first-order chi connectivity index (χ1) is 12.6. The molecule has 7 nitrogen and oxygen atoms in total. The van der Waals surface area contributed by atoms with Crippen molar-refractivity contribution >= 4 is 11.9 Å². The zero-order valence-electron chi connectivity index (χ0n) is 14.3. The van der Waals surface area contributed by atoms with Crippen LogP contribution in [0.1, 0.15) is 26.3 Å². The smallest absolute Gasteiger partial charge is 0.335 e. The van der Waals surface area contributed by atoms with Gasteiger partial charge in [-0.05, 0) is 36.2 Å². The number of carboxylic acids is 1. The zero-order valence-corrected chi connectivity index (χ0v) is 14.3. The van der Waals surface area contributed by atoms with Crippen LogP contribution in [-0.4, -0.2) is 43.9 Å². The van der Waals surface area contributed by atoms with Crippen LogP contribution >= 0.6 is 0 Å². The number of hydrogen-bond acceptors (Lipinski definition) is 5. The fourth-order valence-electron chi connectivity index (χ4n) is 2.64. The van der Waals surface area contributed by atoms with Crippen molar-refractivity contribution in [1.29, 1.82) is 0 Å². The Labute approximate surface area is 150 Å². The van der Waals surface area contributed by atoms with Crippen LogP contribution in [0, 0.1) is 0 Å². The summed E-state index contributed by atoms with van der Waals surface area (Å²) in [4.78, 5) is 23.2. The normalized spacial score (nSPS) is 12.3.